The van der Waals surface area contributed by atoms with Crippen LogP contribution in [0.1, 0.15) is 31.3 Å². The molecule has 30 heavy (non-hydrogen) atoms. The summed E-state index contributed by atoms with van der Waals surface area (Å²) in [4.78, 5) is 28.3. The summed E-state index contributed by atoms with van der Waals surface area (Å²) >= 11 is 11.9. The van der Waals surface area contributed by atoms with Gasteiger partial charge < -0.3 is 10.1 Å². The van der Waals surface area contributed by atoms with E-state index in [-0.39, 0.29) is 5.69 Å². The van der Waals surface area contributed by atoms with Gasteiger partial charge in [0.05, 0.1) is 27.6 Å². The van der Waals surface area contributed by atoms with Gasteiger partial charge in [-0.15, -0.1) is 0 Å². The molecule has 2 aromatic heterocycles. The number of hydrogen-bond acceptors (Lipinski definition) is 5. The minimum Gasteiger partial charge on any atom is -0.444 e. The Hall–Kier alpha value is -3.10. The second-order valence-corrected chi connectivity index (χ2v) is 8.07. The Bertz CT molecular complexity index is 1070. The summed E-state index contributed by atoms with van der Waals surface area (Å²) in [6.07, 6.45) is 2.45. The van der Waals surface area contributed by atoms with Crippen LogP contribution in [0.3, 0.4) is 0 Å². The summed E-state index contributed by atoms with van der Waals surface area (Å²) < 4.78 is 6.68. The summed E-state index contributed by atoms with van der Waals surface area (Å²) in [5.41, 5.74) is 0.706. The molecule has 0 spiro atoms. The van der Waals surface area contributed by atoms with E-state index < -0.39 is 17.6 Å². The standard InChI is InChI=1S/C20H19Cl2N5O3/c1-20(2,3)30-19(29)25-17-7-4-12(11-23-17)24-18(28)16-8-9-27(26-16)13-5-6-14(21)15(22)10-13/h4-11H,1-3H3,(H,24,28)(H,23,25,29). The number of nitrogens with one attached hydrogen (secondary N) is 2. The van der Waals surface area contributed by atoms with E-state index in [1.54, 1.807) is 63.4 Å². The molecule has 10 heteroatoms. The number of aromatic nitrogens is 3. The SMILES string of the molecule is CC(C)(C)OC(=O)Nc1ccc(NC(=O)c2ccn(-c3ccc(Cl)c(Cl)c3)n2)cn1. The molecule has 0 aliphatic carbocycles. The zero-order chi connectivity index (χ0) is 21.9. The van der Waals surface area contributed by atoms with Crippen LogP contribution in [0.5, 0.6) is 0 Å². The van der Waals surface area contributed by atoms with Gasteiger partial charge in [0.1, 0.15) is 11.4 Å². The molecule has 156 valence electrons. The maximum absolute atomic E-state index is 12.4. The second-order valence-electron chi connectivity index (χ2n) is 7.26. The molecule has 0 aliphatic heterocycles. The number of anilines is 2. The number of ether oxygens (including phenoxy) is 1. The molecule has 0 saturated carbocycles. The topological polar surface area (TPSA) is 98.1 Å². The van der Waals surface area contributed by atoms with Gasteiger partial charge in [-0.25, -0.2) is 14.5 Å². The van der Waals surface area contributed by atoms with Gasteiger partial charge in [-0.1, -0.05) is 23.2 Å². The lowest BCUT2D eigenvalue weighted by Crippen LogP contribution is -2.27. The normalized spacial score (nSPS) is 11.1. The molecular formula is C20H19Cl2N5O3. The number of pyridine rings is 1. The highest BCUT2D eigenvalue weighted by molar-refractivity contribution is 6.42. The van der Waals surface area contributed by atoms with Gasteiger partial charge in [-0.3, -0.25) is 10.1 Å². The van der Waals surface area contributed by atoms with E-state index in [4.69, 9.17) is 27.9 Å². The molecule has 0 atom stereocenters. The predicted octanol–water partition coefficient (Wildman–Crippen LogP) is 5.17. The van der Waals surface area contributed by atoms with Gasteiger partial charge in [0.15, 0.2) is 5.69 Å². The quantitative estimate of drug-likeness (QED) is 0.574. The Morgan fingerprint density at radius 2 is 1.80 bits per heavy atom. The van der Waals surface area contributed by atoms with Crippen LogP contribution >= 0.6 is 23.2 Å². The monoisotopic (exact) mass is 447 g/mol. The molecule has 2 amide bonds. The summed E-state index contributed by atoms with van der Waals surface area (Å²) in [7, 11) is 0. The average molecular weight is 448 g/mol. The van der Waals surface area contributed by atoms with Crippen molar-refractivity contribution in [1.29, 1.82) is 0 Å². The number of rotatable bonds is 4. The highest BCUT2D eigenvalue weighted by atomic mass is 35.5. The fourth-order valence-electron chi connectivity index (χ4n) is 2.36. The van der Waals surface area contributed by atoms with Crippen molar-refractivity contribution in [2.24, 2.45) is 0 Å². The number of nitrogens with zero attached hydrogens (tertiary/aromatic N) is 3. The van der Waals surface area contributed by atoms with Crippen molar-refractivity contribution in [2.75, 3.05) is 10.6 Å². The highest BCUT2D eigenvalue weighted by Gasteiger charge is 2.17. The molecular weight excluding hydrogens is 429 g/mol. The van der Waals surface area contributed by atoms with Crippen LogP contribution in [0.2, 0.25) is 10.0 Å². The first-order valence-electron chi connectivity index (χ1n) is 8.89. The number of carbonyl (C=O) groups excluding carboxylic acids is 2. The third-order valence-corrected chi connectivity index (χ3v) is 4.38. The number of carbonyl (C=O) groups is 2. The maximum Gasteiger partial charge on any atom is 0.413 e. The van der Waals surface area contributed by atoms with Crippen molar-refractivity contribution >= 4 is 46.7 Å². The first-order valence-corrected chi connectivity index (χ1v) is 9.65. The Morgan fingerprint density at radius 3 is 2.43 bits per heavy atom. The zero-order valence-corrected chi connectivity index (χ0v) is 18.0. The first kappa shape index (κ1) is 21.6. The molecule has 2 N–H and O–H groups in total. The van der Waals surface area contributed by atoms with E-state index in [1.807, 2.05) is 0 Å². The van der Waals surface area contributed by atoms with Gasteiger partial charge in [0.2, 0.25) is 0 Å². The molecule has 0 bridgehead atoms. The lowest BCUT2D eigenvalue weighted by molar-refractivity contribution is 0.0635. The van der Waals surface area contributed by atoms with Gasteiger partial charge >= 0.3 is 6.09 Å². The summed E-state index contributed by atoms with van der Waals surface area (Å²) in [5.74, 6) is -0.116. The fraction of sp³-hybridized carbons (Fsp3) is 0.200. The molecule has 0 fully saturated rings. The molecule has 0 radical (unpaired) electrons. The van der Waals surface area contributed by atoms with Crippen molar-refractivity contribution in [3.8, 4) is 5.69 Å². The van der Waals surface area contributed by atoms with Crippen LogP contribution in [0.15, 0.2) is 48.8 Å². The van der Waals surface area contributed by atoms with Crippen LogP contribution in [0.25, 0.3) is 5.69 Å². The van der Waals surface area contributed by atoms with E-state index >= 15 is 0 Å². The van der Waals surface area contributed by atoms with Crippen LogP contribution in [0.4, 0.5) is 16.3 Å². The van der Waals surface area contributed by atoms with E-state index in [9.17, 15) is 9.59 Å². The number of hydrogen-bond donors (Lipinski definition) is 2. The second kappa shape index (κ2) is 8.73. The number of halogens is 2. The third kappa shape index (κ3) is 5.71. The van der Waals surface area contributed by atoms with Crippen LogP contribution < -0.4 is 10.6 Å². The molecule has 2 heterocycles. The molecule has 8 nitrogen and oxygen atoms in total. The van der Waals surface area contributed by atoms with Crippen molar-refractivity contribution in [2.45, 2.75) is 26.4 Å². The molecule has 0 saturated heterocycles. The minimum atomic E-state index is -0.612. The van der Waals surface area contributed by atoms with Gasteiger partial charge in [0.25, 0.3) is 5.91 Å². The Labute approximate surface area is 183 Å². The van der Waals surface area contributed by atoms with Crippen LogP contribution in [-0.4, -0.2) is 32.4 Å². The van der Waals surface area contributed by atoms with Gasteiger partial charge in [0, 0.05) is 6.20 Å². The predicted molar refractivity (Wildman–Crippen MR) is 116 cm³/mol. The van der Waals surface area contributed by atoms with Crippen LogP contribution in [0, 0.1) is 0 Å². The van der Waals surface area contributed by atoms with Gasteiger partial charge in [-0.05, 0) is 57.2 Å². The number of amides is 2. The molecule has 3 aromatic rings. The Balaban J connectivity index is 1.63. The average Bonchev–Trinajstić information content (AvgIpc) is 3.14. The fourth-order valence-corrected chi connectivity index (χ4v) is 2.65. The minimum absolute atomic E-state index is 0.206. The molecule has 0 unspecified atom stereocenters. The van der Waals surface area contributed by atoms with Crippen molar-refractivity contribution in [3.63, 3.8) is 0 Å². The smallest absolute Gasteiger partial charge is 0.413 e. The van der Waals surface area contributed by atoms with Crippen molar-refractivity contribution in [1.82, 2.24) is 14.8 Å². The third-order valence-electron chi connectivity index (χ3n) is 3.64. The Kier molecular flexibility index (Phi) is 6.28. The van der Waals surface area contributed by atoms with Gasteiger partial charge in [-0.2, -0.15) is 5.10 Å². The summed E-state index contributed by atoms with van der Waals surface area (Å²) in [6, 6.07) is 9.77. The maximum atomic E-state index is 12.4. The lowest BCUT2D eigenvalue weighted by Gasteiger charge is -2.19. The van der Waals surface area contributed by atoms with E-state index in [0.29, 0.717) is 27.2 Å². The first-order chi connectivity index (χ1) is 14.1. The summed E-state index contributed by atoms with van der Waals surface area (Å²) in [5, 5.41) is 10.3. The van der Waals surface area contributed by atoms with Crippen molar-refractivity contribution < 1.29 is 14.3 Å². The number of benzene rings is 1. The van der Waals surface area contributed by atoms with E-state index in [1.165, 1.54) is 10.9 Å². The van der Waals surface area contributed by atoms with Crippen LogP contribution in [-0.2, 0) is 4.74 Å². The van der Waals surface area contributed by atoms with Crippen molar-refractivity contribution in [3.05, 3.63) is 64.5 Å². The zero-order valence-electron chi connectivity index (χ0n) is 16.4. The highest BCUT2D eigenvalue weighted by Crippen LogP contribution is 2.24. The molecule has 3 rings (SSSR count). The molecule has 0 aliphatic rings. The largest absolute Gasteiger partial charge is 0.444 e. The van der Waals surface area contributed by atoms with E-state index in [2.05, 4.69) is 20.7 Å². The lowest BCUT2D eigenvalue weighted by atomic mass is 10.2. The van der Waals surface area contributed by atoms with E-state index in [0.717, 1.165) is 0 Å². The Morgan fingerprint density at radius 1 is 1.03 bits per heavy atom. The summed E-state index contributed by atoms with van der Waals surface area (Å²) in [6.45, 7) is 5.30. The molecule has 1 aromatic carbocycles.